The van der Waals surface area contributed by atoms with Crippen LogP contribution in [0.2, 0.25) is 0 Å². The molecule has 4 nitrogen and oxygen atoms in total. The Kier molecular flexibility index (Phi) is 4.46. The number of aromatic nitrogens is 2. The number of anilines is 1. The minimum atomic E-state index is 0.164. The highest BCUT2D eigenvalue weighted by Gasteiger charge is 2.26. The third-order valence-electron chi connectivity index (χ3n) is 3.02. The van der Waals surface area contributed by atoms with Crippen molar-refractivity contribution in [2.45, 2.75) is 33.7 Å². The Morgan fingerprint density at radius 3 is 2.29 bits per heavy atom. The Hall–Kier alpha value is -1.16. The fourth-order valence-electron chi connectivity index (χ4n) is 1.81. The number of aryl methyl sites for hydroxylation is 1. The van der Waals surface area contributed by atoms with Crippen LogP contribution in [0.5, 0.6) is 0 Å². The van der Waals surface area contributed by atoms with E-state index in [4.69, 9.17) is 0 Å². The molecule has 1 aromatic rings. The number of hydrogen-bond acceptors (Lipinski definition) is 4. The lowest BCUT2D eigenvalue weighted by molar-refractivity contribution is 0.217. The van der Waals surface area contributed by atoms with E-state index in [1.165, 1.54) is 0 Å². The van der Waals surface area contributed by atoms with Crippen LogP contribution in [-0.4, -0.2) is 41.5 Å². The Labute approximate surface area is 104 Å². The molecule has 0 fully saturated rings. The van der Waals surface area contributed by atoms with Gasteiger partial charge in [-0.1, -0.05) is 13.8 Å². The molecule has 0 radical (unpaired) electrons. The van der Waals surface area contributed by atoms with Gasteiger partial charge in [0, 0.05) is 25.0 Å². The Morgan fingerprint density at radius 2 is 1.82 bits per heavy atom. The Morgan fingerprint density at radius 1 is 1.29 bits per heavy atom. The first-order chi connectivity index (χ1) is 7.81. The molecule has 0 aliphatic carbocycles. The quantitative estimate of drug-likeness (QED) is 0.850. The van der Waals surface area contributed by atoms with E-state index in [0.717, 1.165) is 12.1 Å². The molecule has 1 heterocycles. The lowest BCUT2D eigenvalue weighted by Crippen LogP contribution is -2.41. The maximum Gasteiger partial charge on any atom is 0.222 e. The molecule has 4 heteroatoms. The van der Waals surface area contributed by atoms with Gasteiger partial charge in [-0.05, 0) is 38.9 Å². The summed E-state index contributed by atoms with van der Waals surface area (Å²) in [7, 11) is 4.19. The van der Waals surface area contributed by atoms with E-state index in [1.807, 2.05) is 19.3 Å². The van der Waals surface area contributed by atoms with Gasteiger partial charge in [-0.2, -0.15) is 0 Å². The molecule has 0 saturated heterocycles. The van der Waals surface area contributed by atoms with Gasteiger partial charge in [0.05, 0.1) is 0 Å². The summed E-state index contributed by atoms with van der Waals surface area (Å²) in [5.41, 5.74) is 1.24. The third kappa shape index (κ3) is 4.30. The van der Waals surface area contributed by atoms with Crippen molar-refractivity contribution < 1.29 is 0 Å². The second-order valence-corrected chi connectivity index (χ2v) is 5.68. The third-order valence-corrected chi connectivity index (χ3v) is 3.02. The van der Waals surface area contributed by atoms with E-state index in [0.29, 0.717) is 12.0 Å². The Balaban J connectivity index is 2.64. The second-order valence-electron chi connectivity index (χ2n) is 5.68. The fourth-order valence-corrected chi connectivity index (χ4v) is 1.81. The molecular formula is C13H24N4. The molecule has 0 aliphatic rings. The van der Waals surface area contributed by atoms with E-state index in [1.54, 1.807) is 0 Å². The van der Waals surface area contributed by atoms with Crippen molar-refractivity contribution >= 4 is 5.95 Å². The van der Waals surface area contributed by atoms with Gasteiger partial charge in [0.1, 0.15) is 0 Å². The van der Waals surface area contributed by atoms with Crippen molar-refractivity contribution in [3.63, 3.8) is 0 Å². The number of nitrogens with one attached hydrogen (secondary N) is 1. The maximum absolute atomic E-state index is 4.28. The lowest BCUT2D eigenvalue weighted by atomic mass is 9.85. The highest BCUT2D eigenvalue weighted by Crippen LogP contribution is 2.23. The van der Waals surface area contributed by atoms with Crippen molar-refractivity contribution in [2.24, 2.45) is 5.41 Å². The SMILES string of the molecule is Cc1cnc(NC(C)C(C)(C)CN(C)C)nc1. The molecule has 0 bridgehead atoms. The van der Waals surface area contributed by atoms with Crippen LogP contribution >= 0.6 is 0 Å². The zero-order valence-corrected chi connectivity index (χ0v) is 11.8. The van der Waals surface area contributed by atoms with Crippen LogP contribution in [0.1, 0.15) is 26.3 Å². The average molecular weight is 236 g/mol. The minimum Gasteiger partial charge on any atom is -0.351 e. The Bertz CT molecular complexity index is 343. The highest BCUT2D eigenvalue weighted by atomic mass is 15.1. The summed E-state index contributed by atoms with van der Waals surface area (Å²) in [6, 6.07) is 0.313. The first-order valence-electron chi connectivity index (χ1n) is 6.01. The van der Waals surface area contributed by atoms with E-state index in [2.05, 4.69) is 55.1 Å². The summed E-state index contributed by atoms with van der Waals surface area (Å²) >= 11 is 0. The van der Waals surface area contributed by atoms with E-state index >= 15 is 0 Å². The van der Waals surface area contributed by atoms with Crippen molar-refractivity contribution in [3.8, 4) is 0 Å². The maximum atomic E-state index is 4.28. The van der Waals surface area contributed by atoms with Crippen LogP contribution in [-0.2, 0) is 0 Å². The predicted octanol–water partition coefficient (Wildman–Crippen LogP) is 2.17. The van der Waals surface area contributed by atoms with Gasteiger partial charge < -0.3 is 10.2 Å². The van der Waals surface area contributed by atoms with Crippen molar-refractivity contribution in [2.75, 3.05) is 26.0 Å². The van der Waals surface area contributed by atoms with Crippen LogP contribution in [0.3, 0.4) is 0 Å². The van der Waals surface area contributed by atoms with Crippen LogP contribution in [0.4, 0.5) is 5.95 Å². The van der Waals surface area contributed by atoms with Crippen LogP contribution in [0, 0.1) is 12.3 Å². The molecule has 1 atom stereocenters. The molecule has 0 aliphatic heterocycles. The molecule has 0 spiro atoms. The molecular weight excluding hydrogens is 212 g/mol. The fraction of sp³-hybridized carbons (Fsp3) is 0.692. The summed E-state index contributed by atoms with van der Waals surface area (Å²) < 4.78 is 0. The molecule has 0 aromatic carbocycles. The molecule has 1 N–H and O–H groups in total. The number of rotatable bonds is 5. The summed E-state index contributed by atoms with van der Waals surface area (Å²) in [6.07, 6.45) is 3.67. The molecule has 1 unspecified atom stereocenters. The van der Waals surface area contributed by atoms with Crippen LogP contribution < -0.4 is 5.32 Å². The molecule has 96 valence electrons. The summed E-state index contributed by atoms with van der Waals surface area (Å²) in [4.78, 5) is 10.8. The lowest BCUT2D eigenvalue weighted by Gasteiger charge is -2.34. The number of hydrogen-bond donors (Lipinski definition) is 1. The highest BCUT2D eigenvalue weighted by molar-refractivity contribution is 5.26. The molecule has 17 heavy (non-hydrogen) atoms. The van der Waals surface area contributed by atoms with Crippen molar-refractivity contribution in [1.29, 1.82) is 0 Å². The molecule has 1 aromatic heterocycles. The first-order valence-corrected chi connectivity index (χ1v) is 6.01. The average Bonchev–Trinajstić information content (AvgIpc) is 2.19. The van der Waals surface area contributed by atoms with Crippen LogP contribution in [0.15, 0.2) is 12.4 Å². The van der Waals surface area contributed by atoms with Gasteiger partial charge >= 0.3 is 0 Å². The van der Waals surface area contributed by atoms with Crippen molar-refractivity contribution in [1.82, 2.24) is 14.9 Å². The molecule has 0 saturated carbocycles. The van der Waals surface area contributed by atoms with Gasteiger partial charge in [0.2, 0.25) is 5.95 Å². The predicted molar refractivity (Wildman–Crippen MR) is 72.2 cm³/mol. The smallest absolute Gasteiger partial charge is 0.222 e. The zero-order chi connectivity index (χ0) is 13.1. The van der Waals surface area contributed by atoms with Gasteiger partial charge in [-0.3, -0.25) is 0 Å². The zero-order valence-electron chi connectivity index (χ0n) is 11.8. The van der Waals surface area contributed by atoms with Gasteiger partial charge in [-0.25, -0.2) is 9.97 Å². The normalized spacial score (nSPS) is 13.8. The summed E-state index contributed by atoms with van der Waals surface area (Å²) in [5.74, 6) is 0.704. The van der Waals surface area contributed by atoms with Gasteiger partial charge in [-0.15, -0.1) is 0 Å². The molecule has 0 amide bonds. The van der Waals surface area contributed by atoms with E-state index in [9.17, 15) is 0 Å². The monoisotopic (exact) mass is 236 g/mol. The minimum absolute atomic E-state index is 0.164. The van der Waals surface area contributed by atoms with Gasteiger partial charge in [0.25, 0.3) is 0 Å². The number of nitrogens with zero attached hydrogens (tertiary/aromatic N) is 3. The van der Waals surface area contributed by atoms with Crippen molar-refractivity contribution in [3.05, 3.63) is 18.0 Å². The summed E-state index contributed by atoms with van der Waals surface area (Å²) in [5, 5.41) is 3.37. The standard InChI is InChI=1S/C13H24N4/c1-10-7-14-12(15-8-10)16-11(2)13(3,4)9-17(5)6/h7-8,11H,9H2,1-6H3,(H,14,15,16). The molecule has 1 rings (SSSR count). The second kappa shape index (κ2) is 5.45. The van der Waals surface area contributed by atoms with E-state index < -0.39 is 0 Å². The largest absolute Gasteiger partial charge is 0.351 e. The topological polar surface area (TPSA) is 41.1 Å². The van der Waals surface area contributed by atoms with Gasteiger partial charge in [0.15, 0.2) is 0 Å². The first kappa shape index (κ1) is 13.9. The summed E-state index contributed by atoms with van der Waals surface area (Å²) in [6.45, 7) is 9.68. The van der Waals surface area contributed by atoms with Crippen LogP contribution in [0.25, 0.3) is 0 Å². The van der Waals surface area contributed by atoms with E-state index in [-0.39, 0.29) is 5.41 Å².